The number of carbonyl (C=O) groups excluding carboxylic acids is 1. The van der Waals surface area contributed by atoms with Crippen LogP contribution >= 0.6 is 0 Å². The summed E-state index contributed by atoms with van der Waals surface area (Å²) in [4.78, 5) is 11.8. The van der Waals surface area contributed by atoms with Crippen LogP contribution in [0.1, 0.15) is 22.3 Å². The molecule has 0 aliphatic heterocycles. The van der Waals surface area contributed by atoms with Crippen molar-refractivity contribution < 1.29 is 31.1 Å². The molecule has 134 valence electrons. The molecule has 0 fully saturated rings. The Balaban J connectivity index is 1.98. The maximum absolute atomic E-state index is 12.6. The highest BCUT2D eigenvalue weighted by molar-refractivity contribution is 5.78. The average Bonchev–Trinajstić information content (AvgIpc) is 2.52. The first-order valence-electron chi connectivity index (χ1n) is 7.14. The van der Waals surface area contributed by atoms with Crippen LogP contribution in [0.5, 0.6) is 0 Å². The summed E-state index contributed by atoms with van der Waals surface area (Å²) in [7, 11) is 0. The van der Waals surface area contributed by atoms with Crippen LogP contribution in [0.15, 0.2) is 48.5 Å². The van der Waals surface area contributed by atoms with Gasteiger partial charge in [0.25, 0.3) is 0 Å². The Kier molecular flexibility index (Phi) is 5.39. The van der Waals surface area contributed by atoms with Crippen molar-refractivity contribution in [2.24, 2.45) is 0 Å². The fourth-order valence-corrected chi connectivity index (χ4v) is 2.16. The zero-order valence-corrected chi connectivity index (χ0v) is 12.7. The molecule has 8 heteroatoms. The van der Waals surface area contributed by atoms with E-state index in [1.54, 1.807) is 0 Å². The third-order valence-electron chi connectivity index (χ3n) is 3.36. The van der Waals surface area contributed by atoms with Crippen LogP contribution in [-0.2, 0) is 30.1 Å². The van der Waals surface area contributed by atoms with E-state index in [4.69, 9.17) is 0 Å². The van der Waals surface area contributed by atoms with Gasteiger partial charge in [0.1, 0.15) is 0 Å². The number of benzene rings is 2. The van der Waals surface area contributed by atoms with E-state index in [1.807, 2.05) is 0 Å². The highest BCUT2D eigenvalue weighted by atomic mass is 19.4. The van der Waals surface area contributed by atoms with Crippen LogP contribution in [0.25, 0.3) is 0 Å². The van der Waals surface area contributed by atoms with Crippen molar-refractivity contribution in [2.75, 3.05) is 0 Å². The van der Waals surface area contributed by atoms with Crippen molar-refractivity contribution in [1.29, 1.82) is 0 Å². The lowest BCUT2D eigenvalue weighted by Gasteiger charge is -2.11. The van der Waals surface area contributed by atoms with Gasteiger partial charge in [0.2, 0.25) is 5.91 Å². The molecule has 0 atom stereocenters. The zero-order valence-electron chi connectivity index (χ0n) is 12.7. The summed E-state index contributed by atoms with van der Waals surface area (Å²) in [6.07, 6.45) is -9.30. The first-order chi connectivity index (χ1) is 11.6. The number of carbonyl (C=O) groups is 1. The molecule has 0 bridgehead atoms. The molecule has 0 radical (unpaired) electrons. The number of nitrogens with one attached hydrogen (secondary N) is 1. The van der Waals surface area contributed by atoms with Crippen molar-refractivity contribution in [1.82, 2.24) is 5.32 Å². The van der Waals surface area contributed by atoms with Crippen LogP contribution < -0.4 is 5.32 Å². The van der Waals surface area contributed by atoms with Crippen molar-refractivity contribution in [3.05, 3.63) is 70.8 Å². The van der Waals surface area contributed by atoms with Gasteiger partial charge in [-0.15, -0.1) is 0 Å². The summed E-state index contributed by atoms with van der Waals surface area (Å²) >= 11 is 0. The molecule has 2 aromatic carbocycles. The number of alkyl halides is 6. The molecule has 2 nitrogen and oxygen atoms in total. The van der Waals surface area contributed by atoms with E-state index in [-0.39, 0.29) is 24.1 Å². The Labute approximate surface area is 139 Å². The first kappa shape index (κ1) is 18.8. The van der Waals surface area contributed by atoms with Gasteiger partial charge in [-0.3, -0.25) is 4.79 Å². The molecule has 2 rings (SSSR count). The average molecular weight is 361 g/mol. The molecule has 0 aromatic heterocycles. The van der Waals surface area contributed by atoms with E-state index in [0.29, 0.717) is 0 Å². The zero-order chi connectivity index (χ0) is 18.7. The second-order valence-electron chi connectivity index (χ2n) is 5.35. The normalized spacial score (nSPS) is 12.1. The molecule has 0 aliphatic rings. The predicted octanol–water partition coefficient (Wildman–Crippen LogP) is 4.58. The third-order valence-corrected chi connectivity index (χ3v) is 3.36. The molecule has 25 heavy (non-hydrogen) atoms. The second-order valence-corrected chi connectivity index (χ2v) is 5.35. The molecular formula is C17H13F6NO. The van der Waals surface area contributed by atoms with Gasteiger partial charge in [-0.25, -0.2) is 0 Å². The fraction of sp³-hybridized carbons (Fsp3) is 0.235. The molecule has 2 aromatic rings. The van der Waals surface area contributed by atoms with Gasteiger partial charge in [0.05, 0.1) is 17.5 Å². The van der Waals surface area contributed by atoms with Crippen LogP contribution in [0, 0.1) is 0 Å². The monoisotopic (exact) mass is 361 g/mol. The fourth-order valence-electron chi connectivity index (χ4n) is 2.16. The van der Waals surface area contributed by atoms with Gasteiger partial charge >= 0.3 is 12.4 Å². The van der Waals surface area contributed by atoms with Crippen molar-refractivity contribution >= 4 is 5.91 Å². The highest BCUT2D eigenvalue weighted by Gasteiger charge is 2.31. The molecule has 0 saturated carbocycles. The summed E-state index contributed by atoms with van der Waals surface area (Å²) in [5, 5.41) is 2.40. The maximum Gasteiger partial charge on any atom is 0.416 e. The van der Waals surface area contributed by atoms with E-state index in [2.05, 4.69) is 5.32 Å². The molecule has 0 saturated heterocycles. The smallest absolute Gasteiger partial charge is 0.352 e. The van der Waals surface area contributed by atoms with E-state index < -0.39 is 29.4 Å². The second kappa shape index (κ2) is 7.16. The number of hydrogen-bond acceptors (Lipinski definition) is 1. The van der Waals surface area contributed by atoms with Gasteiger partial charge in [-0.05, 0) is 29.3 Å². The summed E-state index contributed by atoms with van der Waals surface area (Å²) in [6.45, 7) is -0.151. The van der Waals surface area contributed by atoms with E-state index >= 15 is 0 Å². The first-order valence-corrected chi connectivity index (χ1v) is 7.14. The quantitative estimate of drug-likeness (QED) is 0.794. The molecule has 1 amide bonds. The molecule has 0 aliphatic carbocycles. The van der Waals surface area contributed by atoms with Crippen molar-refractivity contribution in [3.63, 3.8) is 0 Å². The maximum atomic E-state index is 12.6. The van der Waals surface area contributed by atoms with Crippen LogP contribution in [0.3, 0.4) is 0 Å². The van der Waals surface area contributed by atoms with Crippen LogP contribution in [0.2, 0.25) is 0 Å². The SMILES string of the molecule is O=C(Cc1cccc(C(F)(F)F)c1)NCc1cccc(C(F)(F)F)c1. The molecule has 0 spiro atoms. The summed E-state index contributed by atoms with van der Waals surface area (Å²) in [5.74, 6) is -0.586. The number of amides is 1. The third kappa shape index (κ3) is 5.51. The topological polar surface area (TPSA) is 29.1 Å². The standard InChI is InChI=1S/C17H13F6NO/c18-16(19,20)13-5-1-3-11(7-13)9-15(25)24-10-12-4-2-6-14(8-12)17(21,22)23/h1-8H,9-10H2,(H,24,25). The lowest BCUT2D eigenvalue weighted by molar-refractivity contribution is -0.138. The number of rotatable bonds is 4. The van der Waals surface area contributed by atoms with Crippen molar-refractivity contribution in [2.45, 2.75) is 25.3 Å². The Morgan fingerprint density at radius 2 is 1.28 bits per heavy atom. The predicted molar refractivity (Wildman–Crippen MR) is 78.4 cm³/mol. The minimum absolute atomic E-state index is 0.151. The number of halogens is 6. The van der Waals surface area contributed by atoms with E-state index in [9.17, 15) is 31.1 Å². The Hall–Kier alpha value is -2.51. The largest absolute Gasteiger partial charge is 0.416 e. The molecular weight excluding hydrogens is 348 g/mol. The Morgan fingerprint density at radius 1 is 0.800 bits per heavy atom. The highest BCUT2D eigenvalue weighted by Crippen LogP contribution is 2.30. The van der Waals surface area contributed by atoms with Crippen LogP contribution in [0.4, 0.5) is 26.3 Å². The summed E-state index contributed by atoms with van der Waals surface area (Å²) in [5.41, 5.74) is -1.30. The summed E-state index contributed by atoms with van der Waals surface area (Å²) in [6, 6.07) is 8.78. The Morgan fingerprint density at radius 3 is 1.80 bits per heavy atom. The van der Waals surface area contributed by atoms with Crippen LogP contribution in [-0.4, -0.2) is 5.91 Å². The van der Waals surface area contributed by atoms with Gasteiger partial charge in [0, 0.05) is 6.54 Å². The number of hydrogen-bond donors (Lipinski definition) is 1. The summed E-state index contributed by atoms with van der Waals surface area (Å²) < 4.78 is 75.7. The van der Waals surface area contributed by atoms with E-state index in [1.165, 1.54) is 24.3 Å². The van der Waals surface area contributed by atoms with Gasteiger partial charge in [0.15, 0.2) is 0 Å². The Bertz CT molecular complexity index is 751. The van der Waals surface area contributed by atoms with Gasteiger partial charge < -0.3 is 5.32 Å². The van der Waals surface area contributed by atoms with Crippen molar-refractivity contribution in [3.8, 4) is 0 Å². The minimum Gasteiger partial charge on any atom is -0.352 e. The van der Waals surface area contributed by atoms with Gasteiger partial charge in [-0.1, -0.05) is 30.3 Å². The van der Waals surface area contributed by atoms with Gasteiger partial charge in [-0.2, -0.15) is 26.3 Å². The lowest BCUT2D eigenvalue weighted by Crippen LogP contribution is -2.24. The minimum atomic E-state index is -4.51. The molecule has 0 heterocycles. The molecule has 0 unspecified atom stereocenters. The van der Waals surface area contributed by atoms with E-state index in [0.717, 1.165) is 24.3 Å². The molecule has 1 N–H and O–H groups in total. The lowest BCUT2D eigenvalue weighted by atomic mass is 10.1.